The van der Waals surface area contributed by atoms with Crippen LogP contribution in [-0.2, 0) is 16.0 Å². The van der Waals surface area contributed by atoms with Crippen molar-refractivity contribution in [3.8, 4) is 0 Å². The van der Waals surface area contributed by atoms with Crippen LogP contribution in [0.1, 0.15) is 17.4 Å². The quantitative estimate of drug-likeness (QED) is 0.847. The molecule has 1 amide bonds. The highest BCUT2D eigenvalue weighted by atomic mass is 19.1. The fraction of sp³-hybridized carbons (Fsp3) is 0.389. The van der Waals surface area contributed by atoms with Gasteiger partial charge >= 0.3 is 0 Å². The molecule has 1 saturated heterocycles. The summed E-state index contributed by atoms with van der Waals surface area (Å²) in [5, 5.41) is 0. The van der Waals surface area contributed by atoms with Crippen molar-refractivity contribution in [2.75, 3.05) is 38.7 Å². The van der Waals surface area contributed by atoms with Crippen molar-refractivity contribution in [3.05, 3.63) is 53.6 Å². The molecular weight excluding hydrogens is 323 g/mol. The highest BCUT2D eigenvalue weighted by Crippen LogP contribution is 2.22. The first kappa shape index (κ1) is 17.3. The van der Waals surface area contributed by atoms with Gasteiger partial charge in [0.1, 0.15) is 11.9 Å². The number of amides is 1. The summed E-state index contributed by atoms with van der Waals surface area (Å²) in [4.78, 5) is 24.8. The lowest BCUT2D eigenvalue weighted by molar-refractivity contribution is -0.138. The minimum absolute atomic E-state index is 0.00166. The molecule has 0 saturated carbocycles. The number of morpholine rings is 1. The first-order chi connectivity index (χ1) is 12.0. The topological polar surface area (TPSA) is 58.6 Å². The molecule has 1 fully saturated rings. The number of ether oxygens (including phenoxy) is 1. The second-order valence-electron chi connectivity index (χ2n) is 6.18. The highest BCUT2D eigenvalue weighted by molar-refractivity contribution is 5.78. The Morgan fingerprint density at radius 2 is 2.08 bits per heavy atom. The molecule has 0 N–H and O–H groups in total. The lowest BCUT2D eigenvalue weighted by Gasteiger charge is -2.33. The molecule has 1 aromatic carbocycles. The zero-order valence-corrected chi connectivity index (χ0v) is 14.4. The maximum absolute atomic E-state index is 13.0. The molecule has 6 nitrogen and oxygen atoms in total. The standard InChI is InChI=1S/C18H21FN4O2/c1-22(2)18-20-8-7-15(21-18)16-12-23(9-10-25-16)17(24)11-13-3-5-14(19)6-4-13/h3-8,16H,9-12H2,1-2H3/t16-/m1/s1. The molecule has 1 aliphatic rings. The van der Waals surface area contributed by atoms with Gasteiger partial charge in [-0.25, -0.2) is 14.4 Å². The molecular formula is C18H21FN4O2. The monoisotopic (exact) mass is 344 g/mol. The summed E-state index contributed by atoms with van der Waals surface area (Å²) in [5.41, 5.74) is 1.56. The molecule has 0 radical (unpaired) electrons. The third-order valence-corrected chi connectivity index (χ3v) is 4.08. The Hall–Kier alpha value is -2.54. The van der Waals surface area contributed by atoms with Crippen LogP contribution in [0, 0.1) is 5.82 Å². The van der Waals surface area contributed by atoms with Crippen LogP contribution in [-0.4, -0.2) is 54.6 Å². The van der Waals surface area contributed by atoms with E-state index in [2.05, 4.69) is 9.97 Å². The van der Waals surface area contributed by atoms with Gasteiger partial charge in [0.15, 0.2) is 0 Å². The molecule has 2 aromatic rings. The third-order valence-electron chi connectivity index (χ3n) is 4.08. The summed E-state index contributed by atoms with van der Waals surface area (Å²) in [6.45, 7) is 1.45. The van der Waals surface area contributed by atoms with Gasteiger partial charge in [-0.1, -0.05) is 12.1 Å². The van der Waals surface area contributed by atoms with Crippen LogP contribution in [0.4, 0.5) is 10.3 Å². The maximum Gasteiger partial charge on any atom is 0.227 e. The number of anilines is 1. The van der Waals surface area contributed by atoms with Crippen LogP contribution in [0.5, 0.6) is 0 Å². The Balaban J connectivity index is 1.67. The lowest BCUT2D eigenvalue weighted by Crippen LogP contribution is -2.43. The van der Waals surface area contributed by atoms with E-state index < -0.39 is 0 Å². The zero-order chi connectivity index (χ0) is 17.8. The second kappa shape index (κ2) is 7.57. The minimum Gasteiger partial charge on any atom is -0.368 e. The van der Waals surface area contributed by atoms with Gasteiger partial charge < -0.3 is 14.5 Å². The van der Waals surface area contributed by atoms with Gasteiger partial charge in [-0.15, -0.1) is 0 Å². The van der Waals surface area contributed by atoms with Crippen LogP contribution < -0.4 is 4.90 Å². The zero-order valence-electron chi connectivity index (χ0n) is 14.4. The number of rotatable bonds is 4. The number of benzene rings is 1. The molecule has 2 heterocycles. The van der Waals surface area contributed by atoms with Gasteiger partial charge in [0.25, 0.3) is 0 Å². The number of aromatic nitrogens is 2. The number of nitrogens with zero attached hydrogens (tertiary/aromatic N) is 4. The van der Waals surface area contributed by atoms with Gasteiger partial charge in [-0.2, -0.15) is 0 Å². The predicted molar refractivity (Wildman–Crippen MR) is 91.7 cm³/mol. The van der Waals surface area contributed by atoms with Gasteiger partial charge in [0, 0.05) is 26.8 Å². The number of halogens is 1. The summed E-state index contributed by atoms with van der Waals surface area (Å²) in [6, 6.07) is 7.83. The molecule has 1 aliphatic heterocycles. The smallest absolute Gasteiger partial charge is 0.227 e. The molecule has 0 aliphatic carbocycles. The van der Waals surface area contributed by atoms with Crippen LogP contribution in [0.15, 0.2) is 36.5 Å². The molecule has 25 heavy (non-hydrogen) atoms. The van der Waals surface area contributed by atoms with Gasteiger partial charge in [0.05, 0.1) is 25.3 Å². The van der Waals surface area contributed by atoms with E-state index in [1.54, 1.807) is 23.2 Å². The van der Waals surface area contributed by atoms with Crippen LogP contribution in [0.25, 0.3) is 0 Å². The largest absolute Gasteiger partial charge is 0.368 e. The molecule has 7 heteroatoms. The maximum atomic E-state index is 13.0. The van der Waals surface area contributed by atoms with E-state index in [0.717, 1.165) is 11.3 Å². The average Bonchev–Trinajstić information content (AvgIpc) is 2.64. The number of hydrogen-bond donors (Lipinski definition) is 0. The van der Waals surface area contributed by atoms with Crippen molar-refractivity contribution < 1.29 is 13.9 Å². The van der Waals surface area contributed by atoms with Crippen molar-refractivity contribution in [2.24, 2.45) is 0 Å². The van der Waals surface area contributed by atoms with Crippen molar-refractivity contribution >= 4 is 11.9 Å². The molecule has 1 atom stereocenters. The Bertz CT molecular complexity index is 736. The highest BCUT2D eigenvalue weighted by Gasteiger charge is 2.26. The number of carbonyl (C=O) groups excluding carboxylic acids is 1. The fourth-order valence-corrected chi connectivity index (χ4v) is 2.70. The normalized spacial score (nSPS) is 17.4. The average molecular weight is 344 g/mol. The van der Waals surface area contributed by atoms with Crippen molar-refractivity contribution in [3.63, 3.8) is 0 Å². The Morgan fingerprint density at radius 1 is 1.32 bits per heavy atom. The van der Waals surface area contributed by atoms with Gasteiger partial charge in [0.2, 0.25) is 11.9 Å². The van der Waals surface area contributed by atoms with E-state index in [-0.39, 0.29) is 24.2 Å². The molecule has 3 rings (SSSR count). The Kier molecular flexibility index (Phi) is 5.23. The van der Waals surface area contributed by atoms with Crippen LogP contribution in [0.2, 0.25) is 0 Å². The molecule has 132 valence electrons. The van der Waals surface area contributed by atoms with E-state index in [4.69, 9.17) is 4.74 Å². The molecule has 0 spiro atoms. The minimum atomic E-state index is -0.303. The number of hydrogen-bond acceptors (Lipinski definition) is 5. The van der Waals surface area contributed by atoms with Crippen molar-refractivity contribution in [1.29, 1.82) is 0 Å². The number of carbonyl (C=O) groups is 1. The summed E-state index contributed by atoms with van der Waals surface area (Å²) in [5.74, 6) is 0.306. The summed E-state index contributed by atoms with van der Waals surface area (Å²) in [6.07, 6.45) is 1.67. The van der Waals surface area contributed by atoms with E-state index in [9.17, 15) is 9.18 Å². The van der Waals surface area contributed by atoms with Crippen molar-refractivity contribution in [2.45, 2.75) is 12.5 Å². The fourth-order valence-electron chi connectivity index (χ4n) is 2.70. The first-order valence-corrected chi connectivity index (χ1v) is 8.17. The molecule has 1 aromatic heterocycles. The second-order valence-corrected chi connectivity index (χ2v) is 6.18. The Labute approximate surface area is 146 Å². The van der Waals surface area contributed by atoms with E-state index >= 15 is 0 Å². The van der Waals surface area contributed by atoms with Crippen LogP contribution in [0.3, 0.4) is 0 Å². The molecule has 0 bridgehead atoms. The van der Waals surface area contributed by atoms with Gasteiger partial charge in [-0.3, -0.25) is 4.79 Å². The SMILES string of the molecule is CN(C)c1nccc([C@H]2CN(C(=O)Cc3ccc(F)cc3)CCO2)n1. The predicted octanol–water partition coefficient (Wildman–Crippen LogP) is 1.82. The van der Waals surface area contributed by atoms with Gasteiger partial charge in [-0.05, 0) is 23.8 Å². The van der Waals surface area contributed by atoms with Crippen molar-refractivity contribution in [1.82, 2.24) is 14.9 Å². The summed E-state index contributed by atoms with van der Waals surface area (Å²) in [7, 11) is 3.75. The molecule has 0 unspecified atom stereocenters. The lowest BCUT2D eigenvalue weighted by atomic mass is 10.1. The first-order valence-electron chi connectivity index (χ1n) is 8.17. The van der Waals surface area contributed by atoms with E-state index in [0.29, 0.717) is 25.6 Å². The summed E-state index contributed by atoms with van der Waals surface area (Å²) < 4.78 is 18.8. The third kappa shape index (κ3) is 4.30. The van der Waals surface area contributed by atoms with E-state index in [1.807, 2.05) is 25.1 Å². The van der Waals surface area contributed by atoms with Crippen LogP contribution >= 0.6 is 0 Å². The van der Waals surface area contributed by atoms with E-state index in [1.165, 1.54) is 12.1 Å². The Morgan fingerprint density at radius 3 is 2.80 bits per heavy atom. The summed E-state index contributed by atoms with van der Waals surface area (Å²) >= 11 is 0.